The quantitative estimate of drug-likeness (QED) is 0.596. The van der Waals surface area contributed by atoms with E-state index in [4.69, 9.17) is 4.74 Å². The third-order valence-electron chi connectivity index (χ3n) is 2.42. The highest BCUT2D eigenvalue weighted by molar-refractivity contribution is 14.1. The van der Waals surface area contributed by atoms with Gasteiger partial charge in [0.15, 0.2) is 0 Å². The number of ether oxygens (including phenoxy) is 1. The number of imidazole rings is 1. The number of aromatic nitrogens is 2. The Balaban J connectivity index is 1.61. The van der Waals surface area contributed by atoms with Crippen molar-refractivity contribution in [2.45, 2.75) is 19.6 Å². The van der Waals surface area contributed by atoms with Gasteiger partial charge in [-0.2, -0.15) is 0 Å². The van der Waals surface area contributed by atoms with Gasteiger partial charge >= 0.3 is 0 Å². The minimum atomic E-state index is 0.697. The smallest absolute Gasteiger partial charge is 0.119 e. The fraction of sp³-hybridized carbons (Fsp3) is 0.308. The van der Waals surface area contributed by atoms with Crippen LogP contribution >= 0.6 is 22.6 Å². The van der Waals surface area contributed by atoms with Crippen LogP contribution in [-0.2, 0) is 17.9 Å². The van der Waals surface area contributed by atoms with Gasteiger partial charge < -0.3 is 9.30 Å². The lowest BCUT2D eigenvalue weighted by molar-refractivity contribution is 0.115. The van der Waals surface area contributed by atoms with Gasteiger partial charge in [0, 0.05) is 19.3 Å². The molecule has 0 radical (unpaired) electrons. The first-order valence-electron chi connectivity index (χ1n) is 5.63. The lowest BCUT2D eigenvalue weighted by Gasteiger charge is -2.04. The molecule has 17 heavy (non-hydrogen) atoms. The Labute approximate surface area is 115 Å². The number of hydrogen-bond acceptors (Lipinski definition) is 2. The largest absolute Gasteiger partial charge is 0.377 e. The second kappa shape index (κ2) is 6.76. The van der Waals surface area contributed by atoms with E-state index in [-0.39, 0.29) is 0 Å². The first-order chi connectivity index (χ1) is 8.34. The summed E-state index contributed by atoms with van der Waals surface area (Å²) < 4.78 is 8.74. The Morgan fingerprint density at radius 1 is 1.24 bits per heavy atom. The SMILES string of the molecule is Ic1cn(CCCOCc2ccccc2)cn1. The molecule has 4 heteroatoms. The molecule has 0 bridgehead atoms. The predicted octanol–water partition coefficient (Wildman–Crippen LogP) is 3.09. The number of rotatable bonds is 6. The number of hydrogen-bond donors (Lipinski definition) is 0. The van der Waals surface area contributed by atoms with Gasteiger partial charge in [0.2, 0.25) is 0 Å². The Hall–Kier alpha value is -0.880. The van der Waals surface area contributed by atoms with E-state index in [1.54, 1.807) is 0 Å². The number of benzene rings is 1. The molecule has 0 unspecified atom stereocenters. The topological polar surface area (TPSA) is 27.1 Å². The second-order valence-electron chi connectivity index (χ2n) is 3.83. The highest BCUT2D eigenvalue weighted by Gasteiger charge is 1.95. The zero-order valence-electron chi connectivity index (χ0n) is 9.55. The Bertz CT molecular complexity index is 442. The number of aryl methyl sites for hydroxylation is 1. The van der Waals surface area contributed by atoms with Crippen LogP contribution in [0.15, 0.2) is 42.9 Å². The molecule has 0 fully saturated rings. The average Bonchev–Trinajstić information content (AvgIpc) is 2.76. The van der Waals surface area contributed by atoms with Crippen molar-refractivity contribution in [1.82, 2.24) is 9.55 Å². The van der Waals surface area contributed by atoms with Crippen LogP contribution in [0.2, 0.25) is 0 Å². The van der Waals surface area contributed by atoms with Crippen LogP contribution in [0.1, 0.15) is 12.0 Å². The van der Waals surface area contributed by atoms with Gasteiger partial charge in [-0.05, 0) is 34.6 Å². The predicted molar refractivity (Wildman–Crippen MR) is 75.7 cm³/mol. The minimum Gasteiger partial charge on any atom is -0.377 e. The fourth-order valence-corrected chi connectivity index (χ4v) is 2.05. The van der Waals surface area contributed by atoms with Crippen LogP contribution in [0.25, 0.3) is 0 Å². The van der Waals surface area contributed by atoms with Gasteiger partial charge in [0.05, 0.1) is 12.9 Å². The first kappa shape index (κ1) is 12.6. The molecule has 0 saturated carbocycles. The molecule has 90 valence electrons. The van der Waals surface area contributed by atoms with E-state index in [9.17, 15) is 0 Å². The minimum absolute atomic E-state index is 0.697. The summed E-state index contributed by atoms with van der Waals surface area (Å²) >= 11 is 2.21. The Morgan fingerprint density at radius 3 is 2.76 bits per heavy atom. The molecule has 0 amide bonds. The van der Waals surface area contributed by atoms with Crippen molar-refractivity contribution in [1.29, 1.82) is 0 Å². The van der Waals surface area contributed by atoms with E-state index in [1.165, 1.54) is 5.56 Å². The summed E-state index contributed by atoms with van der Waals surface area (Å²) in [5, 5.41) is 0. The number of nitrogens with zero attached hydrogens (tertiary/aromatic N) is 2. The van der Waals surface area contributed by atoms with Crippen LogP contribution in [0, 0.1) is 3.70 Å². The molecular formula is C13H15IN2O. The lowest BCUT2D eigenvalue weighted by Crippen LogP contribution is -2.01. The Kier molecular flexibility index (Phi) is 5.00. The zero-order valence-corrected chi connectivity index (χ0v) is 11.7. The molecule has 0 atom stereocenters. The van der Waals surface area contributed by atoms with E-state index in [0.29, 0.717) is 6.61 Å². The van der Waals surface area contributed by atoms with Crippen molar-refractivity contribution in [2.75, 3.05) is 6.61 Å². The van der Waals surface area contributed by atoms with Crippen molar-refractivity contribution in [3.05, 3.63) is 52.1 Å². The van der Waals surface area contributed by atoms with Gasteiger partial charge in [0.25, 0.3) is 0 Å². The van der Waals surface area contributed by atoms with Crippen molar-refractivity contribution in [3.63, 3.8) is 0 Å². The molecule has 0 saturated heterocycles. The molecule has 2 aromatic rings. The molecule has 1 aromatic carbocycles. The fourth-order valence-electron chi connectivity index (χ4n) is 1.57. The third-order valence-corrected chi connectivity index (χ3v) is 2.98. The summed E-state index contributed by atoms with van der Waals surface area (Å²) in [6.07, 6.45) is 4.91. The van der Waals surface area contributed by atoms with Crippen LogP contribution in [-0.4, -0.2) is 16.2 Å². The van der Waals surface area contributed by atoms with E-state index < -0.39 is 0 Å². The van der Waals surface area contributed by atoms with Gasteiger partial charge in [-0.3, -0.25) is 0 Å². The van der Waals surface area contributed by atoms with Gasteiger partial charge in [-0.25, -0.2) is 4.98 Å². The standard InChI is InChI=1S/C13H15IN2O/c14-13-9-16(11-15-13)7-4-8-17-10-12-5-2-1-3-6-12/h1-3,5-6,9,11H,4,7-8,10H2. The molecule has 1 heterocycles. The van der Waals surface area contributed by atoms with Crippen LogP contribution in [0.5, 0.6) is 0 Å². The Morgan fingerprint density at radius 2 is 2.06 bits per heavy atom. The monoisotopic (exact) mass is 342 g/mol. The van der Waals surface area contributed by atoms with Crippen LogP contribution < -0.4 is 0 Å². The molecule has 3 nitrogen and oxygen atoms in total. The summed E-state index contributed by atoms with van der Waals surface area (Å²) in [6, 6.07) is 10.2. The summed E-state index contributed by atoms with van der Waals surface area (Å²) in [5.41, 5.74) is 1.23. The second-order valence-corrected chi connectivity index (χ2v) is 4.93. The van der Waals surface area contributed by atoms with Gasteiger partial charge in [-0.1, -0.05) is 30.3 Å². The van der Waals surface area contributed by atoms with E-state index in [0.717, 1.165) is 23.3 Å². The summed E-state index contributed by atoms with van der Waals surface area (Å²) in [7, 11) is 0. The van der Waals surface area contributed by atoms with Gasteiger partial charge in [0.1, 0.15) is 3.70 Å². The summed E-state index contributed by atoms with van der Waals surface area (Å²) in [4.78, 5) is 4.17. The first-order valence-corrected chi connectivity index (χ1v) is 6.71. The highest BCUT2D eigenvalue weighted by atomic mass is 127. The van der Waals surface area contributed by atoms with E-state index in [2.05, 4.69) is 44.3 Å². The maximum absolute atomic E-state index is 5.61. The van der Waals surface area contributed by atoms with E-state index >= 15 is 0 Å². The molecule has 0 aliphatic rings. The highest BCUT2D eigenvalue weighted by Crippen LogP contribution is 2.03. The van der Waals surface area contributed by atoms with Crippen LogP contribution in [0.4, 0.5) is 0 Å². The summed E-state index contributed by atoms with van der Waals surface area (Å²) in [5.74, 6) is 0. The molecule has 0 spiro atoms. The van der Waals surface area contributed by atoms with Crippen molar-refractivity contribution < 1.29 is 4.74 Å². The molecular weight excluding hydrogens is 327 g/mol. The van der Waals surface area contributed by atoms with Crippen molar-refractivity contribution >= 4 is 22.6 Å². The van der Waals surface area contributed by atoms with Crippen molar-refractivity contribution in [2.24, 2.45) is 0 Å². The average molecular weight is 342 g/mol. The zero-order chi connectivity index (χ0) is 11.9. The van der Waals surface area contributed by atoms with Crippen molar-refractivity contribution in [3.8, 4) is 0 Å². The number of halogens is 1. The summed E-state index contributed by atoms with van der Waals surface area (Å²) in [6.45, 7) is 2.44. The van der Waals surface area contributed by atoms with Gasteiger partial charge in [-0.15, -0.1) is 0 Å². The molecule has 2 rings (SSSR count). The lowest BCUT2D eigenvalue weighted by atomic mass is 10.2. The van der Waals surface area contributed by atoms with E-state index in [1.807, 2.05) is 30.7 Å². The molecule has 0 N–H and O–H groups in total. The molecule has 0 aliphatic carbocycles. The molecule has 1 aromatic heterocycles. The maximum Gasteiger partial charge on any atom is 0.119 e. The normalized spacial score (nSPS) is 10.6. The maximum atomic E-state index is 5.61. The van der Waals surface area contributed by atoms with Crippen LogP contribution in [0.3, 0.4) is 0 Å². The molecule has 0 aliphatic heterocycles. The third kappa shape index (κ3) is 4.47.